The number of nitrogens with one attached hydrogen (secondary N) is 1. The summed E-state index contributed by atoms with van der Waals surface area (Å²) >= 11 is 0. The largest absolute Gasteiger partial charge is 0.496 e. The smallest absolute Gasteiger partial charge is 0.255 e. The van der Waals surface area contributed by atoms with Crippen molar-refractivity contribution in [2.24, 2.45) is 0 Å². The maximum atomic E-state index is 12.2. The molecule has 2 rings (SSSR count). The summed E-state index contributed by atoms with van der Waals surface area (Å²) in [6.07, 6.45) is 0. The van der Waals surface area contributed by atoms with Gasteiger partial charge < -0.3 is 20.9 Å². The van der Waals surface area contributed by atoms with Crippen molar-refractivity contribution in [1.29, 1.82) is 0 Å². The normalized spacial score (nSPS) is 10.2. The number of hydrogen-bond acceptors (Lipinski definition) is 4. The topological polar surface area (TPSA) is 84.6 Å². The van der Waals surface area contributed by atoms with Crippen molar-refractivity contribution < 1.29 is 14.6 Å². The van der Waals surface area contributed by atoms with E-state index in [1.807, 2.05) is 24.3 Å². The molecule has 0 unspecified atom stereocenters. The van der Waals surface area contributed by atoms with Gasteiger partial charge in [-0.15, -0.1) is 0 Å². The van der Waals surface area contributed by atoms with Crippen molar-refractivity contribution >= 4 is 11.6 Å². The Balaban J connectivity index is 2.05. The molecular formula is C16H18N2O3. The van der Waals surface area contributed by atoms with E-state index in [0.717, 1.165) is 11.1 Å². The van der Waals surface area contributed by atoms with E-state index in [4.69, 9.17) is 15.6 Å². The molecule has 2 aromatic carbocycles. The van der Waals surface area contributed by atoms with Crippen LogP contribution in [-0.2, 0) is 13.2 Å². The van der Waals surface area contributed by atoms with Crippen molar-refractivity contribution in [2.75, 3.05) is 12.8 Å². The van der Waals surface area contributed by atoms with Crippen LogP contribution in [0.3, 0.4) is 0 Å². The number of amides is 1. The summed E-state index contributed by atoms with van der Waals surface area (Å²) in [6.45, 7) is 0.398. The molecule has 0 aliphatic heterocycles. The van der Waals surface area contributed by atoms with Crippen LogP contribution < -0.4 is 15.8 Å². The third kappa shape index (κ3) is 3.73. The summed E-state index contributed by atoms with van der Waals surface area (Å²) in [7, 11) is 1.51. The molecule has 0 atom stereocenters. The molecule has 0 saturated carbocycles. The number of hydrogen-bond donors (Lipinski definition) is 3. The van der Waals surface area contributed by atoms with Crippen LogP contribution in [0.15, 0.2) is 42.5 Å². The van der Waals surface area contributed by atoms with E-state index in [9.17, 15) is 4.79 Å². The molecule has 5 nitrogen and oxygen atoms in total. The van der Waals surface area contributed by atoms with Crippen LogP contribution >= 0.6 is 0 Å². The van der Waals surface area contributed by atoms with Crippen molar-refractivity contribution in [3.8, 4) is 5.75 Å². The zero-order valence-electron chi connectivity index (χ0n) is 11.8. The number of aliphatic hydroxyl groups is 1. The second-order valence-corrected chi connectivity index (χ2v) is 4.62. The second kappa shape index (κ2) is 6.76. The number of rotatable bonds is 5. The van der Waals surface area contributed by atoms with Crippen LogP contribution in [0.4, 0.5) is 5.69 Å². The molecular weight excluding hydrogens is 268 g/mol. The van der Waals surface area contributed by atoms with Gasteiger partial charge >= 0.3 is 0 Å². The average Bonchev–Trinajstić information content (AvgIpc) is 2.53. The Morgan fingerprint density at radius 2 is 1.86 bits per heavy atom. The molecule has 4 N–H and O–H groups in total. The third-order valence-corrected chi connectivity index (χ3v) is 3.13. The number of nitrogen functional groups attached to an aromatic ring is 1. The molecule has 110 valence electrons. The van der Waals surface area contributed by atoms with Crippen LogP contribution in [0.2, 0.25) is 0 Å². The van der Waals surface area contributed by atoms with Crippen LogP contribution in [0.1, 0.15) is 21.5 Å². The Hall–Kier alpha value is -2.53. The molecule has 0 aliphatic carbocycles. The molecule has 0 bridgehead atoms. The molecule has 5 heteroatoms. The van der Waals surface area contributed by atoms with E-state index in [0.29, 0.717) is 23.5 Å². The van der Waals surface area contributed by atoms with Gasteiger partial charge in [0.15, 0.2) is 0 Å². The number of methoxy groups -OCH3 is 1. The molecule has 0 aromatic heterocycles. The molecule has 1 amide bonds. The van der Waals surface area contributed by atoms with Gasteiger partial charge in [-0.25, -0.2) is 0 Å². The lowest BCUT2D eigenvalue weighted by molar-refractivity contribution is 0.0948. The lowest BCUT2D eigenvalue weighted by atomic mass is 10.1. The van der Waals surface area contributed by atoms with Gasteiger partial charge in [0.25, 0.3) is 5.91 Å². The first-order valence-corrected chi connectivity index (χ1v) is 6.54. The van der Waals surface area contributed by atoms with Gasteiger partial charge in [-0.05, 0) is 29.3 Å². The Morgan fingerprint density at radius 1 is 1.19 bits per heavy atom. The summed E-state index contributed by atoms with van der Waals surface area (Å²) in [4.78, 5) is 12.2. The first-order chi connectivity index (χ1) is 10.1. The fourth-order valence-corrected chi connectivity index (χ4v) is 1.94. The van der Waals surface area contributed by atoms with Crippen molar-refractivity contribution in [1.82, 2.24) is 5.32 Å². The van der Waals surface area contributed by atoms with Gasteiger partial charge in [-0.3, -0.25) is 4.79 Å². The molecule has 0 spiro atoms. The maximum absolute atomic E-state index is 12.2. The number of anilines is 1. The highest BCUT2D eigenvalue weighted by molar-refractivity contribution is 5.97. The van der Waals surface area contributed by atoms with Crippen molar-refractivity contribution in [2.45, 2.75) is 13.2 Å². The SMILES string of the molecule is COc1ccc(N)cc1C(=O)NCc1ccc(CO)cc1. The summed E-state index contributed by atoms with van der Waals surface area (Å²) in [5.41, 5.74) is 8.40. The predicted molar refractivity (Wildman–Crippen MR) is 80.9 cm³/mol. The van der Waals surface area contributed by atoms with Crippen LogP contribution in [-0.4, -0.2) is 18.1 Å². The number of aliphatic hydroxyl groups excluding tert-OH is 1. The molecule has 21 heavy (non-hydrogen) atoms. The first kappa shape index (κ1) is 14.9. The molecule has 0 heterocycles. The molecule has 0 aliphatic rings. The average molecular weight is 286 g/mol. The lowest BCUT2D eigenvalue weighted by Gasteiger charge is -2.10. The minimum absolute atomic E-state index is 0.00707. The van der Waals surface area contributed by atoms with E-state index in [2.05, 4.69) is 5.32 Å². The van der Waals surface area contributed by atoms with Gasteiger partial charge in [0, 0.05) is 12.2 Å². The van der Waals surface area contributed by atoms with Crippen LogP contribution in [0, 0.1) is 0 Å². The maximum Gasteiger partial charge on any atom is 0.255 e. The summed E-state index contributed by atoms with van der Waals surface area (Å²) in [5, 5.41) is 11.8. The number of ether oxygens (including phenoxy) is 1. The molecule has 2 aromatic rings. The highest BCUT2D eigenvalue weighted by Crippen LogP contribution is 2.21. The molecule has 0 fully saturated rings. The summed E-state index contributed by atoms with van der Waals surface area (Å²) in [6, 6.07) is 12.3. The zero-order chi connectivity index (χ0) is 15.2. The Morgan fingerprint density at radius 3 is 2.48 bits per heavy atom. The standard InChI is InChI=1S/C16H18N2O3/c1-21-15-7-6-13(17)8-14(15)16(20)18-9-11-2-4-12(10-19)5-3-11/h2-8,19H,9-10,17H2,1H3,(H,18,20). The van der Waals surface area contributed by atoms with E-state index in [1.54, 1.807) is 18.2 Å². The summed E-state index contributed by atoms with van der Waals surface area (Å²) in [5.74, 6) is 0.239. The molecule has 0 saturated heterocycles. The van der Waals surface area contributed by atoms with Crippen LogP contribution in [0.25, 0.3) is 0 Å². The predicted octanol–water partition coefficient (Wildman–Crippen LogP) is 1.70. The highest BCUT2D eigenvalue weighted by Gasteiger charge is 2.12. The van der Waals surface area contributed by atoms with Gasteiger partial charge in [0.05, 0.1) is 19.3 Å². The molecule has 0 radical (unpaired) electrons. The van der Waals surface area contributed by atoms with Gasteiger partial charge in [-0.1, -0.05) is 24.3 Å². The second-order valence-electron chi connectivity index (χ2n) is 4.62. The number of nitrogens with two attached hydrogens (primary N) is 1. The number of benzene rings is 2. The van der Waals surface area contributed by atoms with Gasteiger partial charge in [0.2, 0.25) is 0 Å². The minimum Gasteiger partial charge on any atom is -0.496 e. The van der Waals surface area contributed by atoms with E-state index in [1.165, 1.54) is 7.11 Å². The van der Waals surface area contributed by atoms with Crippen molar-refractivity contribution in [3.05, 3.63) is 59.2 Å². The Kier molecular flexibility index (Phi) is 4.79. The van der Waals surface area contributed by atoms with E-state index < -0.39 is 0 Å². The highest BCUT2D eigenvalue weighted by atomic mass is 16.5. The fraction of sp³-hybridized carbons (Fsp3) is 0.188. The first-order valence-electron chi connectivity index (χ1n) is 6.54. The number of carbonyl (C=O) groups excluding carboxylic acids is 1. The zero-order valence-corrected chi connectivity index (χ0v) is 11.8. The van der Waals surface area contributed by atoms with Crippen molar-refractivity contribution in [3.63, 3.8) is 0 Å². The summed E-state index contributed by atoms with van der Waals surface area (Å²) < 4.78 is 5.16. The number of carbonyl (C=O) groups is 1. The van der Waals surface area contributed by atoms with Gasteiger partial charge in [0.1, 0.15) is 5.75 Å². The third-order valence-electron chi connectivity index (χ3n) is 3.13. The van der Waals surface area contributed by atoms with E-state index in [-0.39, 0.29) is 12.5 Å². The monoisotopic (exact) mass is 286 g/mol. The lowest BCUT2D eigenvalue weighted by Crippen LogP contribution is -2.23. The van der Waals surface area contributed by atoms with Crippen LogP contribution in [0.5, 0.6) is 5.75 Å². The Bertz CT molecular complexity index is 624. The van der Waals surface area contributed by atoms with Gasteiger partial charge in [-0.2, -0.15) is 0 Å². The fourth-order valence-electron chi connectivity index (χ4n) is 1.94. The Labute approximate surface area is 123 Å². The van der Waals surface area contributed by atoms with E-state index >= 15 is 0 Å². The minimum atomic E-state index is -0.245. The quantitative estimate of drug-likeness (QED) is 0.730.